The number of rotatable bonds is 5. The lowest BCUT2D eigenvalue weighted by molar-refractivity contribution is 0.221. The van der Waals surface area contributed by atoms with Crippen molar-refractivity contribution in [3.05, 3.63) is 70.7 Å². The number of carbonyl (C=O) groups is 1. The standard InChI is InChI=1S/C17H13Cl2FN4O2/c18-11-1-4-13(5-2-11)22-17(25)23-14-8-21-24(9-14)10-26-16-6-3-12(20)7-15(16)19/h1-9H,10H2,(H2,22,23,25). The van der Waals surface area contributed by atoms with Gasteiger partial charge in [0.1, 0.15) is 11.6 Å². The molecule has 1 aromatic heterocycles. The van der Waals surface area contributed by atoms with Gasteiger partial charge in [0.25, 0.3) is 0 Å². The fraction of sp³-hybridized carbons (Fsp3) is 0.0588. The van der Waals surface area contributed by atoms with Crippen LogP contribution in [0.3, 0.4) is 0 Å². The van der Waals surface area contributed by atoms with Crippen LogP contribution in [0.2, 0.25) is 10.0 Å². The van der Waals surface area contributed by atoms with E-state index in [2.05, 4.69) is 15.7 Å². The molecular weight excluding hydrogens is 382 g/mol. The predicted octanol–water partition coefficient (Wildman–Crippen LogP) is 5.01. The van der Waals surface area contributed by atoms with E-state index in [0.29, 0.717) is 22.1 Å². The highest BCUT2D eigenvalue weighted by Gasteiger charge is 2.07. The normalized spacial score (nSPS) is 10.4. The van der Waals surface area contributed by atoms with Crippen LogP contribution in [0.1, 0.15) is 0 Å². The minimum absolute atomic E-state index is 0.0475. The zero-order valence-corrected chi connectivity index (χ0v) is 14.8. The summed E-state index contributed by atoms with van der Waals surface area (Å²) in [5, 5.41) is 10.1. The molecule has 26 heavy (non-hydrogen) atoms. The Labute approximate surface area is 158 Å². The summed E-state index contributed by atoms with van der Waals surface area (Å²) < 4.78 is 19.9. The van der Waals surface area contributed by atoms with Gasteiger partial charge in [0.05, 0.1) is 23.1 Å². The first kappa shape index (κ1) is 18.0. The maximum absolute atomic E-state index is 13.0. The number of nitrogens with one attached hydrogen (secondary N) is 2. The molecule has 3 rings (SSSR count). The highest BCUT2D eigenvalue weighted by atomic mass is 35.5. The number of ether oxygens (including phenoxy) is 1. The molecule has 3 aromatic rings. The van der Waals surface area contributed by atoms with Crippen LogP contribution in [0.4, 0.5) is 20.6 Å². The van der Waals surface area contributed by atoms with Crippen molar-refractivity contribution >= 4 is 40.6 Å². The Hall–Kier alpha value is -2.77. The van der Waals surface area contributed by atoms with E-state index in [-0.39, 0.29) is 11.8 Å². The van der Waals surface area contributed by atoms with Crippen molar-refractivity contribution in [1.29, 1.82) is 0 Å². The summed E-state index contributed by atoms with van der Waals surface area (Å²) in [6.45, 7) is 0.0475. The molecule has 0 radical (unpaired) electrons. The highest BCUT2D eigenvalue weighted by Crippen LogP contribution is 2.25. The Morgan fingerprint density at radius 3 is 2.58 bits per heavy atom. The number of urea groups is 1. The summed E-state index contributed by atoms with van der Waals surface area (Å²) in [6.07, 6.45) is 3.05. The SMILES string of the molecule is O=C(Nc1ccc(Cl)cc1)Nc1cnn(COc2ccc(F)cc2Cl)c1. The molecule has 0 aliphatic carbocycles. The van der Waals surface area contributed by atoms with Crippen LogP contribution in [-0.4, -0.2) is 15.8 Å². The Morgan fingerprint density at radius 1 is 1.12 bits per heavy atom. The first-order valence-electron chi connectivity index (χ1n) is 7.43. The number of amides is 2. The molecule has 6 nitrogen and oxygen atoms in total. The Bertz CT molecular complexity index is 915. The van der Waals surface area contributed by atoms with E-state index in [9.17, 15) is 9.18 Å². The molecule has 134 valence electrons. The van der Waals surface area contributed by atoms with E-state index in [1.54, 1.807) is 30.5 Å². The molecule has 2 aromatic carbocycles. The van der Waals surface area contributed by atoms with Gasteiger partial charge in [-0.05, 0) is 42.5 Å². The predicted molar refractivity (Wildman–Crippen MR) is 98.4 cm³/mol. The fourth-order valence-corrected chi connectivity index (χ4v) is 2.40. The Morgan fingerprint density at radius 2 is 1.85 bits per heavy atom. The molecule has 0 spiro atoms. The topological polar surface area (TPSA) is 68.2 Å². The number of hydrogen-bond acceptors (Lipinski definition) is 3. The van der Waals surface area contributed by atoms with Gasteiger partial charge in [-0.2, -0.15) is 5.10 Å². The lowest BCUT2D eigenvalue weighted by Gasteiger charge is -2.08. The molecule has 0 aliphatic rings. The molecule has 2 amide bonds. The maximum atomic E-state index is 13.0. The van der Waals surface area contributed by atoms with Gasteiger partial charge in [0.15, 0.2) is 6.73 Å². The lowest BCUT2D eigenvalue weighted by atomic mass is 10.3. The van der Waals surface area contributed by atoms with Crippen LogP contribution < -0.4 is 15.4 Å². The molecule has 0 bridgehead atoms. The summed E-state index contributed by atoms with van der Waals surface area (Å²) in [5.41, 5.74) is 1.08. The number of benzene rings is 2. The van der Waals surface area contributed by atoms with Crippen LogP contribution in [0.5, 0.6) is 5.75 Å². The van der Waals surface area contributed by atoms with Crippen molar-refractivity contribution in [1.82, 2.24) is 9.78 Å². The zero-order chi connectivity index (χ0) is 18.5. The summed E-state index contributed by atoms with van der Waals surface area (Å²) in [5.74, 6) is -0.113. The number of carbonyl (C=O) groups excluding carboxylic acids is 1. The molecule has 9 heteroatoms. The highest BCUT2D eigenvalue weighted by molar-refractivity contribution is 6.32. The fourth-order valence-electron chi connectivity index (χ4n) is 2.05. The molecule has 0 unspecified atom stereocenters. The van der Waals surface area contributed by atoms with E-state index in [4.69, 9.17) is 27.9 Å². The summed E-state index contributed by atoms with van der Waals surface area (Å²) in [4.78, 5) is 12.0. The van der Waals surface area contributed by atoms with Crippen molar-refractivity contribution in [3.63, 3.8) is 0 Å². The van der Waals surface area contributed by atoms with Crippen LogP contribution >= 0.6 is 23.2 Å². The van der Waals surface area contributed by atoms with Crippen LogP contribution in [0.15, 0.2) is 54.9 Å². The van der Waals surface area contributed by atoms with Crippen LogP contribution in [-0.2, 0) is 6.73 Å². The van der Waals surface area contributed by atoms with Crippen molar-refractivity contribution < 1.29 is 13.9 Å². The summed E-state index contributed by atoms with van der Waals surface area (Å²) >= 11 is 11.7. The minimum atomic E-state index is -0.445. The third-order valence-corrected chi connectivity index (χ3v) is 3.79. The maximum Gasteiger partial charge on any atom is 0.323 e. The van der Waals surface area contributed by atoms with E-state index in [1.807, 2.05) is 0 Å². The molecular formula is C17H13Cl2FN4O2. The van der Waals surface area contributed by atoms with E-state index in [0.717, 1.165) is 6.07 Å². The molecule has 0 atom stereocenters. The smallest absolute Gasteiger partial charge is 0.323 e. The van der Waals surface area contributed by atoms with Gasteiger partial charge in [-0.1, -0.05) is 23.2 Å². The first-order chi connectivity index (χ1) is 12.5. The Kier molecular flexibility index (Phi) is 5.60. The number of aromatic nitrogens is 2. The molecule has 1 heterocycles. The second-order valence-corrected chi connectivity index (χ2v) is 6.05. The molecule has 0 saturated heterocycles. The second kappa shape index (κ2) is 8.07. The number of anilines is 2. The van der Waals surface area contributed by atoms with Gasteiger partial charge < -0.3 is 15.4 Å². The van der Waals surface area contributed by atoms with E-state index >= 15 is 0 Å². The third kappa shape index (κ3) is 4.87. The van der Waals surface area contributed by atoms with Gasteiger partial charge in [-0.25, -0.2) is 13.9 Å². The molecule has 2 N–H and O–H groups in total. The summed E-state index contributed by atoms with van der Waals surface area (Å²) in [6, 6.07) is 10.1. The molecule has 0 aliphatic heterocycles. The van der Waals surface area contributed by atoms with Gasteiger partial charge in [-0.3, -0.25) is 0 Å². The monoisotopic (exact) mass is 394 g/mol. The average molecular weight is 395 g/mol. The quantitative estimate of drug-likeness (QED) is 0.638. The molecule has 0 fully saturated rings. The minimum Gasteiger partial charge on any atom is -0.470 e. The van der Waals surface area contributed by atoms with Crippen LogP contribution in [0, 0.1) is 5.82 Å². The largest absolute Gasteiger partial charge is 0.470 e. The van der Waals surface area contributed by atoms with Crippen LogP contribution in [0.25, 0.3) is 0 Å². The van der Waals surface area contributed by atoms with Crippen molar-refractivity contribution in [3.8, 4) is 5.75 Å². The third-order valence-electron chi connectivity index (χ3n) is 3.24. The Balaban J connectivity index is 1.54. The number of nitrogens with zero attached hydrogens (tertiary/aromatic N) is 2. The van der Waals surface area contributed by atoms with Crippen molar-refractivity contribution in [2.24, 2.45) is 0 Å². The average Bonchev–Trinajstić information content (AvgIpc) is 3.03. The van der Waals surface area contributed by atoms with Crippen molar-refractivity contribution in [2.45, 2.75) is 6.73 Å². The number of halogens is 3. The first-order valence-corrected chi connectivity index (χ1v) is 8.19. The number of hydrogen-bond donors (Lipinski definition) is 2. The van der Waals surface area contributed by atoms with Gasteiger partial charge in [0, 0.05) is 10.7 Å². The zero-order valence-electron chi connectivity index (χ0n) is 13.2. The molecule has 0 saturated carbocycles. The van der Waals surface area contributed by atoms with Gasteiger partial charge >= 0.3 is 6.03 Å². The summed E-state index contributed by atoms with van der Waals surface area (Å²) in [7, 11) is 0. The van der Waals surface area contributed by atoms with Crippen molar-refractivity contribution in [2.75, 3.05) is 10.6 Å². The van der Waals surface area contributed by atoms with E-state index in [1.165, 1.54) is 23.0 Å². The van der Waals surface area contributed by atoms with Gasteiger partial charge in [0.2, 0.25) is 0 Å². The lowest BCUT2D eigenvalue weighted by Crippen LogP contribution is -2.19. The second-order valence-electron chi connectivity index (χ2n) is 5.20. The van der Waals surface area contributed by atoms with E-state index < -0.39 is 11.8 Å². The van der Waals surface area contributed by atoms with Gasteiger partial charge in [-0.15, -0.1) is 0 Å².